The first-order valence-corrected chi connectivity index (χ1v) is 19.6. The Morgan fingerprint density at radius 3 is 2.18 bits per heavy atom. The number of ether oxygens (including phenoxy) is 1. The Labute approximate surface area is 295 Å². The van der Waals surface area contributed by atoms with Gasteiger partial charge in [0.15, 0.2) is 0 Å². The standard InChI is InChI=1S/C42H65NO6/c1-26(2)28-12-19-42(24-33(45)43-22-15-27(44)16-23-43)21-20-40(8)29(35(28)42)10-11-31-39(7)17-14-32(49-34(46)25-37(3,4)36(47)48)38(5,6)30(39)13-18-41(31,40)9/h28-32,35H,1,10-25H2,2-9H3,(H,47,48)/t28-,29+,30-,31+,32-,35+,39-,40+,41+,42+/m0/s1. The summed E-state index contributed by atoms with van der Waals surface area (Å²) in [4.78, 5) is 52.6. The van der Waals surface area contributed by atoms with Crippen LogP contribution in [0.25, 0.3) is 0 Å². The van der Waals surface area contributed by atoms with E-state index in [1.807, 2.05) is 4.90 Å². The Kier molecular flexibility index (Phi) is 9.12. The molecule has 5 aliphatic carbocycles. The van der Waals surface area contributed by atoms with E-state index in [1.165, 1.54) is 31.3 Å². The molecule has 1 amide bonds. The number of piperidine rings is 1. The number of amides is 1. The lowest BCUT2D eigenvalue weighted by Gasteiger charge is -2.73. The van der Waals surface area contributed by atoms with E-state index < -0.39 is 17.4 Å². The lowest BCUT2D eigenvalue weighted by molar-refractivity contribution is -0.250. The highest BCUT2D eigenvalue weighted by Crippen LogP contribution is 2.78. The van der Waals surface area contributed by atoms with E-state index >= 15 is 0 Å². The van der Waals surface area contributed by atoms with Crippen molar-refractivity contribution in [3.05, 3.63) is 12.2 Å². The first kappa shape index (κ1) is 36.6. The molecule has 7 heteroatoms. The molecule has 1 saturated heterocycles. The van der Waals surface area contributed by atoms with Gasteiger partial charge in [-0.2, -0.15) is 0 Å². The molecule has 1 N–H and O–H groups in total. The molecule has 0 aromatic heterocycles. The lowest BCUT2D eigenvalue weighted by atomic mass is 9.32. The van der Waals surface area contributed by atoms with Crippen LogP contribution in [0.3, 0.4) is 0 Å². The number of ketones is 1. The normalized spacial score (nSPS) is 43.0. The fraction of sp³-hybridized carbons (Fsp3) is 0.857. The lowest BCUT2D eigenvalue weighted by Crippen LogP contribution is -2.67. The summed E-state index contributed by atoms with van der Waals surface area (Å²) in [6, 6.07) is 0. The third-order valence-electron chi connectivity index (χ3n) is 16.8. The summed E-state index contributed by atoms with van der Waals surface area (Å²) in [5.74, 6) is 1.66. The summed E-state index contributed by atoms with van der Waals surface area (Å²) in [5.41, 5.74) is 0.448. The minimum absolute atomic E-state index is 0.0236. The number of hydrogen-bond acceptors (Lipinski definition) is 5. The van der Waals surface area contributed by atoms with Crippen molar-refractivity contribution in [2.24, 2.45) is 62.1 Å². The second-order valence-electron chi connectivity index (χ2n) is 19.8. The maximum absolute atomic E-state index is 13.9. The first-order valence-electron chi connectivity index (χ1n) is 19.6. The highest BCUT2D eigenvalue weighted by Gasteiger charge is 2.71. The number of nitrogens with zero attached hydrogens (tertiary/aromatic N) is 1. The van der Waals surface area contributed by atoms with E-state index in [2.05, 4.69) is 48.1 Å². The van der Waals surface area contributed by atoms with Crippen LogP contribution in [0.2, 0.25) is 0 Å². The molecule has 0 unspecified atom stereocenters. The quantitative estimate of drug-likeness (QED) is 0.214. The molecule has 274 valence electrons. The third kappa shape index (κ3) is 5.65. The zero-order valence-corrected chi connectivity index (χ0v) is 31.9. The van der Waals surface area contributed by atoms with E-state index in [9.17, 15) is 24.3 Å². The number of likely N-dealkylation sites (tertiary alicyclic amines) is 1. The Morgan fingerprint density at radius 2 is 1.55 bits per heavy atom. The Hall–Kier alpha value is -2.18. The molecule has 10 atom stereocenters. The number of carbonyl (C=O) groups is 4. The van der Waals surface area contributed by atoms with Crippen molar-refractivity contribution < 1.29 is 29.0 Å². The number of carboxylic acid groups (broad SMARTS) is 1. The SMILES string of the molecule is C=C(C)[C@@H]1CC[C@]2(CC(=O)N3CCC(=O)CC3)CC[C@]3(C)[C@H](CC[C@@H]4[C@@]5(C)CC[C@H](OC(=O)CC(C)(C)C(=O)O)C(C)(C)[C@@H]5CC[C@]43C)[C@@H]12. The van der Waals surface area contributed by atoms with Gasteiger partial charge in [-0.1, -0.05) is 46.8 Å². The van der Waals surface area contributed by atoms with Crippen LogP contribution >= 0.6 is 0 Å². The number of aliphatic carboxylic acids is 1. The van der Waals surface area contributed by atoms with Gasteiger partial charge in [-0.25, -0.2) is 0 Å². The first-order chi connectivity index (χ1) is 22.7. The van der Waals surface area contributed by atoms with Crippen molar-refractivity contribution in [2.45, 2.75) is 151 Å². The zero-order chi connectivity index (χ0) is 35.9. The number of esters is 1. The van der Waals surface area contributed by atoms with Crippen LogP contribution in [0.1, 0.15) is 145 Å². The van der Waals surface area contributed by atoms with Gasteiger partial charge in [0, 0.05) is 37.8 Å². The fourth-order valence-corrected chi connectivity index (χ4v) is 13.8. The van der Waals surface area contributed by atoms with E-state index in [1.54, 1.807) is 13.8 Å². The van der Waals surface area contributed by atoms with Crippen molar-refractivity contribution >= 4 is 23.6 Å². The van der Waals surface area contributed by atoms with E-state index in [0.717, 1.165) is 38.5 Å². The Balaban J connectivity index is 1.25. The summed E-state index contributed by atoms with van der Waals surface area (Å²) in [7, 11) is 0. The monoisotopic (exact) mass is 679 g/mol. The Morgan fingerprint density at radius 1 is 0.878 bits per heavy atom. The zero-order valence-electron chi connectivity index (χ0n) is 31.9. The number of Topliss-reactive ketones (excluding diaryl/α,β-unsaturated/α-hetero) is 1. The molecule has 0 aromatic carbocycles. The van der Waals surface area contributed by atoms with Crippen molar-refractivity contribution in [1.82, 2.24) is 4.90 Å². The van der Waals surface area contributed by atoms with Crippen LogP contribution < -0.4 is 0 Å². The van der Waals surface area contributed by atoms with Gasteiger partial charge in [-0.3, -0.25) is 19.2 Å². The highest BCUT2D eigenvalue weighted by atomic mass is 16.5. The molecule has 1 heterocycles. The molecule has 5 saturated carbocycles. The summed E-state index contributed by atoms with van der Waals surface area (Å²) < 4.78 is 6.17. The van der Waals surface area contributed by atoms with E-state index in [-0.39, 0.29) is 51.3 Å². The van der Waals surface area contributed by atoms with Crippen molar-refractivity contribution in [1.29, 1.82) is 0 Å². The van der Waals surface area contributed by atoms with E-state index in [4.69, 9.17) is 4.74 Å². The summed E-state index contributed by atoms with van der Waals surface area (Å²) in [6.45, 7) is 23.5. The van der Waals surface area contributed by atoms with Crippen LogP contribution in [-0.4, -0.2) is 52.8 Å². The van der Waals surface area contributed by atoms with Gasteiger partial charge in [-0.15, -0.1) is 0 Å². The average molecular weight is 680 g/mol. The van der Waals surface area contributed by atoms with Crippen LogP contribution in [0.4, 0.5) is 0 Å². The van der Waals surface area contributed by atoms with Gasteiger partial charge in [0.25, 0.3) is 0 Å². The summed E-state index contributed by atoms with van der Waals surface area (Å²) in [5, 5.41) is 9.59. The van der Waals surface area contributed by atoms with Crippen LogP contribution in [0.15, 0.2) is 12.2 Å². The fourth-order valence-electron chi connectivity index (χ4n) is 13.8. The van der Waals surface area contributed by atoms with Crippen LogP contribution in [0.5, 0.6) is 0 Å². The maximum Gasteiger partial charge on any atom is 0.309 e. The smallest absolute Gasteiger partial charge is 0.309 e. The molecule has 0 bridgehead atoms. The van der Waals surface area contributed by atoms with Gasteiger partial charge in [-0.05, 0) is 136 Å². The predicted molar refractivity (Wildman–Crippen MR) is 190 cm³/mol. The summed E-state index contributed by atoms with van der Waals surface area (Å²) >= 11 is 0. The second-order valence-corrected chi connectivity index (χ2v) is 19.8. The molecule has 6 fully saturated rings. The molecule has 0 spiro atoms. The number of allylic oxidation sites excluding steroid dienone is 1. The largest absolute Gasteiger partial charge is 0.481 e. The molecule has 0 radical (unpaired) electrons. The van der Waals surface area contributed by atoms with Gasteiger partial charge in [0.05, 0.1) is 11.8 Å². The summed E-state index contributed by atoms with van der Waals surface area (Å²) in [6.07, 6.45) is 12.3. The molecule has 6 aliphatic rings. The van der Waals surface area contributed by atoms with Gasteiger partial charge >= 0.3 is 11.9 Å². The predicted octanol–water partition coefficient (Wildman–Crippen LogP) is 8.64. The van der Waals surface area contributed by atoms with Crippen molar-refractivity contribution in [2.75, 3.05) is 13.1 Å². The van der Waals surface area contributed by atoms with Gasteiger partial charge in [0.1, 0.15) is 11.9 Å². The molecular formula is C42H65NO6. The second kappa shape index (κ2) is 12.2. The number of carboxylic acids is 1. The highest BCUT2D eigenvalue weighted by molar-refractivity contribution is 5.84. The van der Waals surface area contributed by atoms with Crippen molar-refractivity contribution in [3.8, 4) is 0 Å². The molecule has 6 rings (SSSR count). The molecule has 1 aliphatic heterocycles. The number of rotatable bonds is 7. The number of hydrogen-bond donors (Lipinski definition) is 1. The maximum atomic E-state index is 13.9. The third-order valence-corrected chi connectivity index (χ3v) is 16.8. The van der Waals surface area contributed by atoms with Gasteiger partial charge < -0.3 is 14.7 Å². The molecular weight excluding hydrogens is 614 g/mol. The molecule has 49 heavy (non-hydrogen) atoms. The van der Waals surface area contributed by atoms with E-state index in [0.29, 0.717) is 61.9 Å². The minimum Gasteiger partial charge on any atom is -0.481 e. The minimum atomic E-state index is -1.15. The molecule has 7 nitrogen and oxygen atoms in total. The average Bonchev–Trinajstić information content (AvgIpc) is 3.38. The van der Waals surface area contributed by atoms with Crippen LogP contribution in [-0.2, 0) is 23.9 Å². The Bertz CT molecular complexity index is 1390. The van der Waals surface area contributed by atoms with Crippen LogP contribution in [0, 0.1) is 62.1 Å². The van der Waals surface area contributed by atoms with Crippen molar-refractivity contribution in [3.63, 3.8) is 0 Å². The van der Waals surface area contributed by atoms with Gasteiger partial charge in [0.2, 0.25) is 5.91 Å². The number of fused-ring (bicyclic) bond motifs is 7. The topological polar surface area (TPSA) is 101 Å². The molecule has 0 aromatic rings. The number of carbonyl (C=O) groups excluding carboxylic acids is 3.